The highest BCUT2D eigenvalue weighted by atomic mass is 35.5. The Morgan fingerprint density at radius 2 is 1.81 bits per heavy atom. The van der Waals surface area contributed by atoms with Gasteiger partial charge in [0.05, 0.1) is 20.7 Å². The van der Waals surface area contributed by atoms with Crippen LogP contribution in [0.3, 0.4) is 0 Å². The summed E-state index contributed by atoms with van der Waals surface area (Å²) in [6, 6.07) is 10.3. The molecular weight excluding hydrogens is 395 g/mol. The molecule has 0 saturated heterocycles. The van der Waals surface area contributed by atoms with Crippen LogP contribution in [0.25, 0.3) is 11.1 Å². The minimum absolute atomic E-state index is 0.226. The predicted molar refractivity (Wildman–Crippen MR) is 106 cm³/mol. The summed E-state index contributed by atoms with van der Waals surface area (Å²) < 4.78 is 22.5. The van der Waals surface area contributed by atoms with Crippen molar-refractivity contribution in [2.24, 2.45) is 0 Å². The highest BCUT2D eigenvalue weighted by molar-refractivity contribution is 7.84. The quantitative estimate of drug-likeness (QED) is 0.637. The second-order valence-corrected chi connectivity index (χ2v) is 8.81. The van der Waals surface area contributed by atoms with Gasteiger partial charge in [0.25, 0.3) is 0 Å². The first kappa shape index (κ1) is 20.7. The van der Waals surface area contributed by atoms with Gasteiger partial charge < -0.3 is 9.47 Å². The maximum atomic E-state index is 11.9. The number of carbonyl (C=O) groups is 1. The van der Waals surface area contributed by atoms with E-state index in [9.17, 15) is 9.00 Å². The molecule has 0 aliphatic carbocycles. The van der Waals surface area contributed by atoms with E-state index < -0.39 is 22.4 Å². The highest BCUT2D eigenvalue weighted by Gasteiger charge is 2.18. The zero-order valence-corrected chi connectivity index (χ0v) is 17.3. The van der Waals surface area contributed by atoms with E-state index in [2.05, 4.69) is 0 Å². The lowest BCUT2D eigenvalue weighted by Crippen LogP contribution is -2.27. The predicted octanol–water partition coefficient (Wildman–Crippen LogP) is 5.12. The number of halogens is 2. The largest absolute Gasteiger partial charge is 0.481 e. The van der Waals surface area contributed by atoms with Crippen molar-refractivity contribution in [1.82, 2.24) is 0 Å². The van der Waals surface area contributed by atoms with Gasteiger partial charge >= 0.3 is 5.97 Å². The third-order valence-electron chi connectivity index (χ3n) is 3.26. The molecule has 0 aliphatic rings. The van der Waals surface area contributed by atoms with Crippen LogP contribution in [0.2, 0.25) is 10.0 Å². The lowest BCUT2D eigenvalue weighted by atomic mass is 10.0. The van der Waals surface area contributed by atoms with Gasteiger partial charge in [-0.1, -0.05) is 29.3 Å². The summed E-state index contributed by atoms with van der Waals surface area (Å²) in [5.74, 6) is 0.00913. The Morgan fingerprint density at radius 3 is 2.38 bits per heavy atom. The Bertz CT molecular complexity index is 844. The van der Waals surface area contributed by atoms with Gasteiger partial charge in [0.15, 0.2) is 6.61 Å². The summed E-state index contributed by atoms with van der Waals surface area (Å²) in [6.07, 6.45) is 1.57. The van der Waals surface area contributed by atoms with E-state index in [-0.39, 0.29) is 6.61 Å². The molecule has 0 heterocycles. The first-order chi connectivity index (χ1) is 12.1. The minimum Gasteiger partial charge on any atom is -0.481 e. The monoisotopic (exact) mass is 414 g/mol. The lowest BCUT2D eigenvalue weighted by Gasteiger charge is -2.20. The van der Waals surface area contributed by atoms with Crippen molar-refractivity contribution in [3.8, 4) is 16.9 Å². The van der Waals surface area contributed by atoms with Crippen molar-refractivity contribution < 1.29 is 18.5 Å². The van der Waals surface area contributed by atoms with Gasteiger partial charge in [-0.3, -0.25) is 4.21 Å². The maximum Gasteiger partial charge on any atom is 0.344 e. The number of carbonyl (C=O) groups excluding carboxylic acids is 1. The molecule has 0 fully saturated rings. The van der Waals surface area contributed by atoms with Crippen LogP contribution in [0.4, 0.5) is 0 Å². The molecule has 7 heteroatoms. The number of rotatable bonds is 5. The van der Waals surface area contributed by atoms with Gasteiger partial charge in [-0.15, -0.1) is 0 Å². The minimum atomic E-state index is -1.18. The van der Waals surface area contributed by atoms with Gasteiger partial charge in [0, 0.05) is 16.8 Å². The number of hydrogen-bond acceptors (Lipinski definition) is 4. The number of ether oxygens (including phenoxy) is 2. The van der Waals surface area contributed by atoms with Gasteiger partial charge in [-0.25, -0.2) is 4.79 Å². The molecule has 140 valence electrons. The van der Waals surface area contributed by atoms with E-state index >= 15 is 0 Å². The second kappa shape index (κ2) is 8.42. The maximum absolute atomic E-state index is 11.9. The van der Waals surface area contributed by atoms with E-state index in [0.717, 1.165) is 5.56 Å². The van der Waals surface area contributed by atoms with Crippen molar-refractivity contribution in [2.75, 3.05) is 12.9 Å². The van der Waals surface area contributed by atoms with Crippen LogP contribution in [0.15, 0.2) is 41.3 Å². The fourth-order valence-corrected chi connectivity index (χ4v) is 3.53. The molecule has 0 aromatic heterocycles. The van der Waals surface area contributed by atoms with Gasteiger partial charge in [-0.05, 0) is 56.7 Å². The summed E-state index contributed by atoms with van der Waals surface area (Å²) in [6.45, 7) is 5.15. The molecule has 0 radical (unpaired) electrons. The van der Waals surface area contributed by atoms with Crippen LogP contribution in [-0.4, -0.2) is 28.6 Å². The van der Waals surface area contributed by atoms with Crippen molar-refractivity contribution in [1.29, 1.82) is 0 Å². The number of hydrogen-bond donors (Lipinski definition) is 0. The average molecular weight is 415 g/mol. The standard InChI is InChI=1S/C19H20Cl2O4S/c1-19(2,3)25-18(22)11-24-16-7-6-13(20)10-14(16)12-5-8-17(26(4)23)15(21)9-12/h5-10H,11H2,1-4H3. The van der Waals surface area contributed by atoms with E-state index in [1.54, 1.807) is 63.4 Å². The van der Waals surface area contributed by atoms with Crippen LogP contribution in [0.5, 0.6) is 5.75 Å². The first-order valence-electron chi connectivity index (χ1n) is 7.84. The third kappa shape index (κ3) is 5.73. The zero-order chi connectivity index (χ0) is 19.5. The summed E-state index contributed by atoms with van der Waals surface area (Å²) in [4.78, 5) is 12.4. The summed E-state index contributed by atoms with van der Waals surface area (Å²) in [5, 5.41) is 0.908. The van der Waals surface area contributed by atoms with Crippen LogP contribution in [0, 0.1) is 0 Å². The molecule has 0 spiro atoms. The molecule has 26 heavy (non-hydrogen) atoms. The summed E-state index contributed by atoms with van der Waals surface area (Å²) in [5.41, 5.74) is 0.838. The molecule has 0 amide bonds. The second-order valence-electron chi connectivity index (χ2n) is 6.61. The van der Waals surface area contributed by atoms with E-state index in [1.807, 2.05) is 0 Å². The Balaban J connectivity index is 2.29. The molecule has 4 nitrogen and oxygen atoms in total. The van der Waals surface area contributed by atoms with Gasteiger partial charge in [0.1, 0.15) is 11.4 Å². The van der Waals surface area contributed by atoms with Gasteiger partial charge in [-0.2, -0.15) is 0 Å². The molecule has 0 N–H and O–H groups in total. The smallest absolute Gasteiger partial charge is 0.344 e. The van der Waals surface area contributed by atoms with Crippen molar-refractivity contribution >= 4 is 40.0 Å². The Kier molecular flexibility index (Phi) is 6.72. The van der Waals surface area contributed by atoms with E-state index in [1.165, 1.54) is 0 Å². The Labute approximate surface area is 165 Å². The molecule has 0 bridgehead atoms. The SMILES string of the molecule is CS(=O)c1ccc(-c2cc(Cl)ccc2OCC(=O)OC(C)(C)C)cc1Cl. The van der Waals surface area contributed by atoms with Crippen molar-refractivity contribution in [3.63, 3.8) is 0 Å². The highest BCUT2D eigenvalue weighted by Crippen LogP contribution is 2.35. The summed E-state index contributed by atoms with van der Waals surface area (Å²) in [7, 11) is -1.18. The van der Waals surface area contributed by atoms with E-state index in [4.69, 9.17) is 32.7 Å². The molecule has 1 atom stereocenters. The molecule has 1 unspecified atom stereocenters. The molecular formula is C19H20Cl2O4S. The van der Waals surface area contributed by atoms with Crippen LogP contribution < -0.4 is 4.74 Å². The molecule has 2 aromatic rings. The fourth-order valence-electron chi connectivity index (χ4n) is 2.26. The van der Waals surface area contributed by atoms with Crippen LogP contribution in [0.1, 0.15) is 20.8 Å². The fraction of sp³-hybridized carbons (Fsp3) is 0.316. The zero-order valence-electron chi connectivity index (χ0n) is 15.0. The first-order valence-corrected chi connectivity index (χ1v) is 10.2. The molecule has 2 aromatic carbocycles. The van der Waals surface area contributed by atoms with Crippen LogP contribution in [-0.2, 0) is 20.3 Å². The number of benzene rings is 2. The molecule has 2 rings (SSSR count). The van der Waals surface area contributed by atoms with Crippen molar-refractivity contribution in [2.45, 2.75) is 31.3 Å². The Hall–Kier alpha value is -1.56. The van der Waals surface area contributed by atoms with E-state index in [0.29, 0.717) is 26.3 Å². The molecule has 0 aliphatic heterocycles. The Morgan fingerprint density at radius 1 is 1.12 bits per heavy atom. The average Bonchev–Trinajstić information content (AvgIpc) is 2.51. The van der Waals surface area contributed by atoms with Gasteiger partial charge in [0.2, 0.25) is 0 Å². The normalized spacial score (nSPS) is 12.5. The number of esters is 1. The topological polar surface area (TPSA) is 52.6 Å². The third-order valence-corrected chi connectivity index (χ3v) is 4.89. The molecule has 0 saturated carbocycles. The summed E-state index contributed by atoms with van der Waals surface area (Å²) >= 11 is 12.3. The lowest BCUT2D eigenvalue weighted by molar-refractivity contribution is -0.157. The van der Waals surface area contributed by atoms with Crippen molar-refractivity contribution in [3.05, 3.63) is 46.4 Å². The van der Waals surface area contributed by atoms with Crippen LogP contribution >= 0.6 is 23.2 Å².